The summed E-state index contributed by atoms with van der Waals surface area (Å²) < 4.78 is 12.5. The largest absolute Gasteiger partial charge is 0.470 e. The van der Waals surface area contributed by atoms with Crippen molar-refractivity contribution in [3.8, 4) is 0 Å². The highest BCUT2D eigenvalue weighted by molar-refractivity contribution is 7.12. The molecule has 0 unspecified atom stereocenters. The molecule has 1 aliphatic heterocycles. The molecule has 0 atom stereocenters. The van der Waals surface area contributed by atoms with Crippen molar-refractivity contribution in [3.05, 3.63) is 170 Å². The van der Waals surface area contributed by atoms with E-state index in [2.05, 4.69) is 171 Å². The fourth-order valence-corrected chi connectivity index (χ4v) is 14.3. The highest BCUT2D eigenvalue weighted by atomic mass is 28.3. The van der Waals surface area contributed by atoms with Crippen LogP contribution in [0.15, 0.2) is 180 Å². The van der Waals surface area contributed by atoms with Crippen molar-refractivity contribution in [2.75, 3.05) is 13.2 Å². The van der Waals surface area contributed by atoms with Gasteiger partial charge in [-0.15, -0.1) is 0 Å². The molecular weight excluding hydrogens is 621 g/mol. The lowest BCUT2D eigenvalue weighted by atomic mass is 10.3. The predicted octanol–water partition coefficient (Wildman–Crippen LogP) is 5.69. The van der Waals surface area contributed by atoms with Crippen LogP contribution < -0.4 is 31.1 Å². The van der Waals surface area contributed by atoms with Crippen LogP contribution in [0.3, 0.4) is 0 Å². The molecule has 0 N–H and O–H groups in total. The topological polar surface area (TPSA) is 43.2 Å². The summed E-state index contributed by atoms with van der Waals surface area (Å²) in [7, 11) is -4.90. The molecule has 48 heavy (non-hydrogen) atoms. The predicted molar refractivity (Wildman–Crippen MR) is 206 cm³/mol. The van der Waals surface area contributed by atoms with Gasteiger partial charge >= 0.3 is 0 Å². The quantitative estimate of drug-likeness (QED) is 0.156. The Hall–Kier alpha value is -5.31. The molecule has 6 aromatic carbocycles. The molecule has 1 fully saturated rings. The number of para-hydroxylation sites is 2. The Labute approximate surface area is 285 Å². The summed E-state index contributed by atoms with van der Waals surface area (Å²) in [6.45, 7) is 5.63. The second-order valence-corrected chi connectivity index (χ2v) is 20.2. The van der Waals surface area contributed by atoms with E-state index >= 15 is 0 Å². The lowest BCUT2D eigenvalue weighted by molar-refractivity contribution is 0.173. The zero-order valence-electron chi connectivity index (χ0n) is 27.3. The van der Waals surface area contributed by atoms with Gasteiger partial charge in [-0.05, 0) is 43.3 Å². The molecule has 1 saturated heterocycles. The summed E-state index contributed by atoms with van der Waals surface area (Å²) >= 11 is 0. The molecule has 6 heteroatoms. The average Bonchev–Trinajstić information content (AvgIpc) is 3.17. The fraction of sp³-hybridized carbons (Fsp3) is 0.0952. The van der Waals surface area contributed by atoms with Gasteiger partial charge in [0.2, 0.25) is 0 Å². The minimum atomic E-state index is -2.45. The Morgan fingerprint density at radius 2 is 0.646 bits per heavy atom. The minimum absolute atomic E-state index is 0.406. The highest BCUT2D eigenvalue weighted by Crippen LogP contribution is 2.21. The van der Waals surface area contributed by atoms with Gasteiger partial charge in [-0.25, -0.2) is 9.98 Å². The number of nitrogens with zero attached hydrogens (tertiary/aromatic N) is 2. The van der Waals surface area contributed by atoms with Gasteiger partial charge in [0, 0.05) is 0 Å². The maximum Gasteiger partial charge on any atom is 0.278 e. The first-order valence-electron chi connectivity index (χ1n) is 16.4. The summed E-state index contributed by atoms with van der Waals surface area (Å²) in [5.41, 5.74) is 1.74. The summed E-state index contributed by atoms with van der Waals surface area (Å²) in [6, 6.07) is 60.2. The first-order chi connectivity index (χ1) is 23.6. The molecule has 0 spiro atoms. The minimum Gasteiger partial charge on any atom is -0.470 e. The normalized spacial score (nSPS) is 15.1. The third-order valence-electron chi connectivity index (χ3n) is 9.48. The van der Waals surface area contributed by atoms with Crippen molar-refractivity contribution in [1.82, 2.24) is 0 Å². The molecule has 0 aromatic heterocycles. The summed E-state index contributed by atoms with van der Waals surface area (Å²) in [5, 5.41) is 7.68. The van der Waals surface area contributed by atoms with Crippen LogP contribution in [0.5, 0.6) is 0 Å². The third-order valence-corrected chi connectivity index (χ3v) is 18.4. The number of benzene rings is 6. The van der Waals surface area contributed by atoms with Crippen molar-refractivity contribution in [1.29, 1.82) is 0 Å². The maximum atomic E-state index is 6.26. The number of hydrogen-bond donors (Lipinski definition) is 0. The van der Waals surface area contributed by atoms with Gasteiger partial charge in [-0.2, -0.15) is 0 Å². The highest BCUT2D eigenvalue weighted by Gasteiger charge is 2.38. The molecule has 4 nitrogen and oxygen atoms in total. The Morgan fingerprint density at radius 3 is 0.958 bits per heavy atom. The van der Waals surface area contributed by atoms with Crippen LogP contribution in [0.25, 0.3) is 0 Å². The zero-order valence-corrected chi connectivity index (χ0v) is 29.3. The average molecular weight is 659 g/mol. The van der Waals surface area contributed by atoms with E-state index in [1.54, 1.807) is 0 Å². The first-order valence-corrected chi connectivity index (χ1v) is 21.4. The molecule has 6 aromatic rings. The number of aliphatic imine (C=N–C) groups is 2. The van der Waals surface area contributed by atoms with E-state index in [9.17, 15) is 0 Å². The molecule has 236 valence electrons. The monoisotopic (exact) mass is 658 g/mol. The molecule has 0 radical (unpaired) electrons. The standard InChI is InChI=1S/C42H38N2O2Si2/c1-47(33-19-7-3-8-20-33,34-21-9-4-10-22-34)39-29-17-15-27-37(39)43-41-42(46-32-31-45-41)44-38-28-16-18-30-40(38)48(2,35-23-11-5-12-24-35)36-25-13-6-14-26-36/h3-30H,31-32H2,1-2H3. The molecule has 0 saturated carbocycles. The number of hydrogen-bond acceptors (Lipinski definition) is 4. The van der Waals surface area contributed by atoms with E-state index in [0.717, 1.165) is 11.4 Å². The maximum absolute atomic E-state index is 6.26. The lowest BCUT2D eigenvalue weighted by Gasteiger charge is -2.31. The van der Waals surface area contributed by atoms with E-state index in [1.807, 2.05) is 12.1 Å². The zero-order chi connectivity index (χ0) is 32.8. The molecule has 1 aliphatic rings. The molecule has 0 aliphatic carbocycles. The van der Waals surface area contributed by atoms with Gasteiger partial charge in [0.15, 0.2) is 0 Å². The Bertz CT molecular complexity index is 1820. The molecule has 1 heterocycles. The van der Waals surface area contributed by atoms with Crippen LogP contribution >= 0.6 is 0 Å². The van der Waals surface area contributed by atoms with E-state index in [4.69, 9.17) is 19.5 Å². The Morgan fingerprint density at radius 1 is 0.375 bits per heavy atom. The third kappa shape index (κ3) is 5.96. The molecule has 0 amide bonds. The van der Waals surface area contributed by atoms with Crippen molar-refractivity contribution in [2.24, 2.45) is 9.98 Å². The van der Waals surface area contributed by atoms with Gasteiger partial charge in [0.05, 0.1) is 11.4 Å². The van der Waals surface area contributed by atoms with Crippen LogP contribution in [0.4, 0.5) is 11.4 Å². The molecular formula is C42H38N2O2Si2. The first kappa shape index (κ1) is 31.3. The van der Waals surface area contributed by atoms with Gasteiger partial charge in [-0.1, -0.05) is 171 Å². The number of ether oxygens (including phenoxy) is 2. The van der Waals surface area contributed by atoms with Crippen molar-refractivity contribution >= 4 is 70.4 Å². The Kier molecular flexibility index (Phi) is 9.01. The van der Waals surface area contributed by atoms with Crippen molar-refractivity contribution < 1.29 is 9.47 Å². The van der Waals surface area contributed by atoms with Crippen LogP contribution in [-0.2, 0) is 9.47 Å². The van der Waals surface area contributed by atoms with E-state index < -0.39 is 16.1 Å². The van der Waals surface area contributed by atoms with Gasteiger partial charge in [0.1, 0.15) is 29.4 Å². The van der Waals surface area contributed by atoms with Crippen molar-refractivity contribution in [3.63, 3.8) is 0 Å². The number of rotatable bonds is 8. The van der Waals surface area contributed by atoms with E-state index in [1.165, 1.54) is 31.1 Å². The second kappa shape index (κ2) is 13.8. The smallest absolute Gasteiger partial charge is 0.278 e. The van der Waals surface area contributed by atoms with Crippen LogP contribution in [0.2, 0.25) is 13.1 Å². The van der Waals surface area contributed by atoms with Crippen LogP contribution in [-0.4, -0.2) is 41.2 Å². The summed E-state index contributed by atoms with van der Waals surface area (Å²) in [6.07, 6.45) is 0. The lowest BCUT2D eigenvalue weighted by Crippen LogP contribution is -2.64. The summed E-state index contributed by atoms with van der Waals surface area (Å²) in [5.74, 6) is 0.813. The SMILES string of the molecule is C[Si](c1ccccc1)(c1ccccc1)c1ccccc1N=C1OCCOC1=Nc1ccccc1[Si](C)(c1ccccc1)c1ccccc1. The molecule has 0 bridgehead atoms. The second-order valence-electron chi connectivity index (χ2n) is 12.3. The molecule has 7 rings (SSSR count). The van der Waals surface area contributed by atoms with Gasteiger partial charge in [-0.3, -0.25) is 0 Å². The summed E-state index contributed by atoms with van der Waals surface area (Å²) in [4.78, 5) is 10.4. The van der Waals surface area contributed by atoms with E-state index in [0.29, 0.717) is 25.0 Å². The van der Waals surface area contributed by atoms with Crippen molar-refractivity contribution in [2.45, 2.75) is 13.1 Å². The van der Waals surface area contributed by atoms with Crippen LogP contribution in [0.1, 0.15) is 0 Å². The van der Waals surface area contributed by atoms with Crippen LogP contribution in [0, 0.1) is 0 Å². The fourth-order valence-electron chi connectivity index (χ4n) is 6.81. The van der Waals surface area contributed by atoms with Gasteiger partial charge < -0.3 is 9.47 Å². The Balaban J connectivity index is 1.37. The van der Waals surface area contributed by atoms with E-state index in [-0.39, 0.29) is 0 Å². The van der Waals surface area contributed by atoms with Gasteiger partial charge in [0.25, 0.3) is 11.8 Å².